The van der Waals surface area contributed by atoms with Gasteiger partial charge in [0, 0.05) is 33.8 Å². The van der Waals surface area contributed by atoms with Crippen LogP contribution in [0.15, 0.2) is 78.2 Å². The standard InChI is InChI=1S/C22H14ClN3O3S/c23-18-11-8-16(12-20(18)26(28)29)21(27)24-17-9-6-14(7-10-17)19-13-30-22(25-19)15-4-2-1-3-5-15/h1-13H,(H,24,27). The van der Waals surface area contributed by atoms with Crippen LogP contribution in [-0.2, 0) is 0 Å². The molecule has 148 valence electrons. The van der Waals surface area contributed by atoms with E-state index >= 15 is 0 Å². The Labute approximate surface area is 180 Å². The minimum atomic E-state index is -0.620. The maximum Gasteiger partial charge on any atom is 0.288 e. The van der Waals surface area contributed by atoms with Crippen LogP contribution in [0.25, 0.3) is 21.8 Å². The number of carbonyl (C=O) groups excluding carboxylic acids is 1. The van der Waals surface area contributed by atoms with E-state index in [1.165, 1.54) is 12.1 Å². The molecule has 0 spiro atoms. The van der Waals surface area contributed by atoms with Gasteiger partial charge in [-0.25, -0.2) is 4.98 Å². The lowest BCUT2D eigenvalue weighted by Crippen LogP contribution is -2.12. The molecular formula is C22H14ClN3O3S. The van der Waals surface area contributed by atoms with Gasteiger partial charge in [0.1, 0.15) is 10.0 Å². The van der Waals surface area contributed by atoms with Crippen molar-refractivity contribution in [2.24, 2.45) is 0 Å². The highest BCUT2D eigenvalue weighted by atomic mass is 35.5. The van der Waals surface area contributed by atoms with Gasteiger partial charge >= 0.3 is 0 Å². The number of nitrogens with one attached hydrogen (secondary N) is 1. The fraction of sp³-hybridized carbons (Fsp3) is 0. The van der Waals surface area contributed by atoms with Crippen molar-refractivity contribution in [2.75, 3.05) is 5.32 Å². The number of nitro benzene ring substituents is 1. The Morgan fingerprint density at radius 2 is 1.73 bits per heavy atom. The van der Waals surface area contributed by atoms with Gasteiger partial charge in [0.25, 0.3) is 11.6 Å². The highest BCUT2D eigenvalue weighted by Gasteiger charge is 2.16. The monoisotopic (exact) mass is 435 g/mol. The molecule has 0 aliphatic carbocycles. The van der Waals surface area contributed by atoms with Crippen LogP contribution in [0.3, 0.4) is 0 Å². The molecule has 8 heteroatoms. The van der Waals surface area contributed by atoms with Gasteiger partial charge in [0.2, 0.25) is 0 Å². The van der Waals surface area contributed by atoms with E-state index in [4.69, 9.17) is 11.6 Å². The number of thiazole rings is 1. The van der Waals surface area contributed by atoms with Crippen LogP contribution in [0, 0.1) is 10.1 Å². The summed E-state index contributed by atoms with van der Waals surface area (Å²) in [5.41, 5.74) is 3.26. The lowest BCUT2D eigenvalue weighted by molar-refractivity contribution is -0.384. The fourth-order valence-corrected chi connectivity index (χ4v) is 3.86. The lowest BCUT2D eigenvalue weighted by atomic mass is 10.1. The van der Waals surface area contributed by atoms with Crippen molar-refractivity contribution < 1.29 is 9.72 Å². The van der Waals surface area contributed by atoms with Crippen LogP contribution in [0.2, 0.25) is 5.02 Å². The molecule has 0 unspecified atom stereocenters. The van der Waals surface area contributed by atoms with Gasteiger partial charge in [-0.05, 0) is 24.3 Å². The van der Waals surface area contributed by atoms with Crippen LogP contribution < -0.4 is 5.32 Å². The van der Waals surface area contributed by atoms with Crippen molar-refractivity contribution in [3.8, 4) is 21.8 Å². The van der Waals surface area contributed by atoms with Gasteiger partial charge in [-0.2, -0.15) is 0 Å². The number of rotatable bonds is 5. The number of nitro groups is 1. The largest absolute Gasteiger partial charge is 0.322 e. The van der Waals surface area contributed by atoms with E-state index in [9.17, 15) is 14.9 Å². The smallest absolute Gasteiger partial charge is 0.288 e. The molecule has 6 nitrogen and oxygen atoms in total. The molecule has 1 aromatic heterocycles. The zero-order valence-corrected chi connectivity index (χ0v) is 17.0. The van der Waals surface area contributed by atoms with Gasteiger partial charge in [-0.1, -0.05) is 54.1 Å². The zero-order chi connectivity index (χ0) is 21.1. The summed E-state index contributed by atoms with van der Waals surface area (Å²) in [6, 6.07) is 21.1. The second kappa shape index (κ2) is 8.44. The summed E-state index contributed by atoms with van der Waals surface area (Å²) in [5.74, 6) is -0.456. The van der Waals surface area contributed by atoms with E-state index in [0.717, 1.165) is 27.9 Å². The van der Waals surface area contributed by atoms with Crippen molar-refractivity contribution in [2.45, 2.75) is 0 Å². The van der Waals surface area contributed by atoms with Crippen molar-refractivity contribution in [3.05, 3.63) is 98.9 Å². The second-order valence-electron chi connectivity index (χ2n) is 6.36. The average Bonchev–Trinajstić information content (AvgIpc) is 3.25. The van der Waals surface area contributed by atoms with Gasteiger partial charge in [0.15, 0.2) is 0 Å². The Bertz CT molecular complexity index is 1220. The molecule has 0 saturated carbocycles. The van der Waals surface area contributed by atoms with Crippen LogP contribution in [-0.4, -0.2) is 15.8 Å². The number of amides is 1. The lowest BCUT2D eigenvalue weighted by Gasteiger charge is -2.06. The number of aromatic nitrogens is 1. The first-order chi connectivity index (χ1) is 14.5. The Morgan fingerprint density at radius 3 is 2.43 bits per heavy atom. The highest BCUT2D eigenvalue weighted by molar-refractivity contribution is 7.13. The number of carbonyl (C=O) groups is 1. The van der Waals surface area contributed by atoms with Gasteiger partial charge in [-0.3, -0.25) is 14.9 Å². The molecule has 3 aromatic carbocycles. The molecule has 0 aliphatic rings. The Kier molecular flexibility index (Phi) is 5.56. The second-order valence-corrected chi connectivity index (χ2v) is 7.62. The third-order valence-electron chi connectivity index (χ3n) is 4.37. The molecule has 30 heavy (non-hydrogen) atoms. The molecule has 4 rings (SSSR count). The van der Waals surface area contributed by atoms with Gasteiger partial charge < -0.3 is 5.32 Å². The summed E-state index contributed by atoms with van der Waals surface area (Å²) in [4.78, 5) is 27.5. The van der Waals surface area contributed by atoms with E-state index in [2.05, 4.69) is 10.3 Å². The van der Waals surface area contributed by atoms with E-state index in [0.29, 0.717) is 5.69 Å². The first-order valence-corrected chi connectivity index (χ1v) is 10.1. The normalized spacial score (nSPS) is 10.6. The van der Waals surface area contributed by atoms with Crippen molar-refractivity contribution in [1.29, 1.82) is 0 Å². The molecular weight excluding hydrogens is 422 g/mol. The summed E-state index contributed by atoms with van der Waals surface area (Å²) in [5, 5.41) is 16.6. The minimum absolute atomic E-state index is 0.0148. The predicted octanol–water partition coefficient (Wildman–Crippen LogP) is 6.29. The number of hydrogen-bond acceptors (Lipinski definition) is 5. The summed E-state index contributed by atoms with van der Waals surface area (Å²) in [7, 11) is 0. The molecule has 0 aliphatic heterocycles. The van der Waals surface area contributed by atoms with E-state index in [-0.39, 0.29) is 16.3 Å². The number of hydrogen-bond donors (Lipinski definition) is 1. The van der Waals surface area contributed by atoms with E-state index in [1.54, 1.807) is 23.5 Å². The van der Waals surface area contributed by atoms with Crippen molar-refractivity contribution in [3.63, 3.8) is 0 Å². The molecule has 4 aromatic rings. The quantitative estimate of drug-likeness (QED) is 0.295. The number of nitrogens with zero attached hydrogens (tertiary/aromatic N) is 2. The fourth-order valence-electron chi connectivity index (χ4n) is 2.84. The van der Waals surface area contributed by atoms with Gasteiger partial charge in [-0.15, -0.1) is 11.3 Å². The zero-order valence-electron chi connectivity index (χ0n) is 15.4. The van der Waals surface area contributed by atoms with E-state index < -0.39 is 10.8 Å². The van der Waals surface area contributed by atoms with Crippen LogP contribution in [0.1, 0.15) is 10.4 Å². The van der Waals surface area contributed by atoms with Crippen LogP contribution >= 0.6 is 22.9 Å². The van der Waals surface area contributed by atoms with E-state index in [1.807, 2.05) is 47.8 Å². The third-order valence-corrected chi connectivity index (χ3v) is 5.58. The summed E-state index contributed by atoms with van der Waals surface area (Å²) < 4.78 is 0. The number of halogens is 1. The van der Waals surface area contributed by atoms with Crippen molar-refractivity contribution in [1.82, 2.24) is 4.98 Å². The van der Waals surface area contributed by atoms with Gasteiger partial charge in [0.05, 0.1) is 10.6 Å². The van der Waals surface area contributed by atoms with Crippen molar-refractivity contribution >= 4 is 40.2 Å². The molecule has 0 fully saturated rings. The summed E-state index contributed by atoms with van der Waals surface area (Å²) in [6.07, 6.45) is 0. The maximum atomic E-state index is 12.4. The molecule has 0 bridgehead atoms. The molecule has 1 amide bonds. The topological polar surface area (TPSA) is 85.1 Å². The molecule has 1 heterocycles. The number of benzene rings is 3. The third kappa shape index (κ3) is 4.22. The highest BCUT2D eigenvalue weighted by Crippen LogP contribution is 2.30. The molecule has 1 N–H and O–H groups in total. The Balaban J connectivity index is 1.49. The summed E-state index contributed by atoms with van der Waals surface area (Å²) >= 11 is 7.36. The Hall–Kier alpha value is -3.55. The molecule has 0 radical (unpaired) electrons. The first kappa shape index (κ1) is 19.8. The van der Waals surface area contributed by atoms with Crippen LogP contribution in [0.4, 0.5) is 11.4 Å². The molecule has 0 saturated heterocycles. The first-order valence-electron chi connectivity index (χ1n) is 8.88. The Morgan fingerprint density at radius 1 is 1.00 bits per heavy atom. The minimum Gasteiger partial charge on any atom is -0.322 e. The molecule has 0 atom stereocenters. The maximum absolute atomic E-state index is 12.4. The average molecular weight is 436 g/mol. The van der Waals surface area contributed by atoms with Crippen LogP contribution in [0.5, 0.6) is 0 Å². The number of anilines is 1. The SMILES string of the molecule is O=C(Nc1ccc(-c2csc(-c3ccccc3)n2)cc1)c1ccc(Cl)c([N+](=O)[O-])c1. The summed E-state index contributed by atoms with van der Waals surface area (Å²) in [6.45, 7) is 0. The predicted molar refractivity (Wildman–Crippen MR) is 119 cm³/mol.